The Labute approximate surface area is 107 Å². The van der Waals surface area contributed by atoms with Gasteiger partial charge in [-0.25, -0.2) is 0 Å². The lowest BCUT2D eigenvalue weighted by molar-refractivity contribution is 0.0819. The predicted molar refractivity (Wildman–Crippen MR) is 73.2 cm³/mol. The van der Waals surface area contributed by atoms with Crippen molar-refractivity contribution in [1.29, 1.82) is 0 Å². The summed E-state index contributed by atoms with van der Waals surface area (Å²) in [6.45, 7) is 12.0. The average Bonchev–Trinajstić information content (AvgIpc) is 2.29. The zero-order valence-corrected chi connectivity index (χ0v) is 11.8. The fourth-order valence-electron chi connectivity index (χ4n) is 2.49. The monoisotopic (exact) mass is 242 g/mol. The molecule has 1 heterocycles. The van der Waals surface area contributed by atoms with Crippen LogP contribution in [0.1, 0.15) is 40.0 Å². The van der Waals surface area contributed by atoms with Crippen molar-refractivity contribution in [2.45, 2.75) is 46.1 Å². The summed E-state index contributed by atoms with van der Waals surface area (Å²) < 4.78 is 0. The van der Waals surface area contributed by atoms with E-state index >= 15 is 0 Å². The molecule has 1 aliphatic rings. The number of hydrogen-bond donors (Lipinski definition) is 2. The first kappa shape index (κ1) is 14.9. The summed E-state index contributed by atoms with van der Waals surface area (Å²) in [6, 6.07) is 0. The second kappa shape index (κ2) is 8.06. The number of hydrogen-bond acceptors (Lipinski definition) is 3. The third-order valence-corrected chi connectivity index (χ3v) is 3.53. The van der Waals surface area contributed by atoms with Crippen molar-refractivity contribution in [3.63, 3.8) is 0 Å². The van der Waals surface area contributed by atoms with E-state index in [9.17, 15) is 5.11 Å². The van der Waals surface area contributed by atoms with Crippen LogP contribution in [0.2, 0.25) is 0 Å². The van der Waals surface area contributed by atoms with Gasteiger partial charge in [-0.2, -0.15) is 0 Å². The minimum Gasteiger partial charge on any atom is -0.392 e. The van der Waals surface area contributed by atoms with Gasteiger partial charge in [-0.3, -0.25) is 0 Å². The van der Waals surface area contributed by atoms with Crippen LogP contribution >= 0.6 is 0 Å². The summed E-state index contributed by atoms with van der Waals surface area (Å²) in [6.07, 6.45) is 3.35. The molecular weight excluding hydrogens is 212 g/mol. The normalized spacial score (nSPS) is 24.2. The van der Waals surface area contributed by atoms with Crippen LogP contribution in [0.15, 0.2) is 0 Å². The molecule has 2 atom stereocenters. The van der Waals surface area contributed by atoms with Crippen molar-refractivity contribution < 1.29 is 5.11 Å². The summed E-state index contributed by atoms with van der Waals surface area (Å²) in [5.41, 5.74) is 0. The van der Waals surface area contributed by atoms with E-state index in [4.69, 9.17) is 0 Å². The van der Waals surface area contributed by atoms with E-state index in [-0.39, 0.29) is 6.10 Å². The summed E-state index contributed by atoms with van der Waals surface area (Å²) >= 11 is 0. The molecular formula is C14H30N2O. The first-order valence-corrected chi connectivity index (χ1v) is 7.23. The van der Waals surface area contributed by atoms with Crippen LogP contribution in [0.5, 0.6) is 0 Å². The van der Waals surface area contributed by atoms with Crippen molar-refractivity contribution in [3.8, 4) is 0 Å². The first-order valence-electron chi connectivity index (χ1n) is 7.23. The highest BCUT2D eigenvalue weighted by Crippen LogP contribution is 2.16. The molecule has 102 valence electrons. The minimum absolute atomic E-state index is 0.141. The van der Waals surface area contributed by atoms with E-state index in [1.54, 1.807) is 0 Å². The maximum absolute atomic E-state index is 9.69. The van der Waals surface area contributed by atoms with Gasteiger partial charge in [-0.05, 0) is 50.7 Å². The number of β-amino-alcohol motifs (C(OH)–C–C–N with tert-alkyl or cyclic N) is 1. The zero-order chi connectivity index (χ0) is 12.7. The molecule has 0 bridgehead atoms. The van der Waals surface area contributed by atoms with Gasteiger partial charge in [-0.1, -0.05) is 20.8 Å². The van der Waals surface area contributed by atoms with Gasteiger partial charge in [0.2, 0.25) is 0 Å². The number of nitrogens with zero attached hydrogens (tertiary/aromatic N) is 1. The van der Waals surface area contributed by atoms with Gasteiger partial charge in [0.1, 0.15) is 0 Å². The second-order valence-electron chi connectivity index (χ2n) is 5.88. The van der Waals surface area contributed by atoms with Gasteiger partial charge >= 0.3 is 0 Å². The van der Waals surface area contributed by atoms with E-state index in [0.29, 0.717) is 0 Å². The van der Waals surface area contributed by atoms with Gasteiger partial charge in [0, 0.05) is 13.1 Å². The standard InChI is InChI=1S/C14H30N2O/c1-4-14(17)11-16-7-5-6-13(10-16)9-15-8-12(2)3/h12-15,17H,4-11H2,1-3H3. The highest BCUT2D eigenvalue weighted by molar-refractivity contribution is 4.76. The molecule has 0 aliphatic carbocycles. The summed E-state index contributed by atoms with van der Waals surface area (Å²) in [4.78, 5) is 2.43. The van der Waals surface area contributed by atoms with Crippen LogP contribution in [0.25, 0.3) is 0 Å². The Kier molecular flexibility index (Phi) is 7.09. The van der Waals surface area contributed by atoms with Crippen LogP contribution in [-0.2, 0) is 0 Å². The second-order valence-corrected chi connectivity index (χ2v) is 5.88. The van der Waals surface area contributed by atoms with Crippen molar-refractivity contribution in [2.24, 2.45) is 11.8 Å². The largest absolute Gasteiger partial charge is 0.392 e. The van der Waals surface area contributed by atoms with E-state index in [2.05, 4.69) is 31.0 Å². The van der Waals surface area contributed by atoms with Gasteiger partial charge in [-0.15, -0.1) is 0 Å². The van der Waals surface area contributed by atoms with Gasteiger partial charge in [0.25, 0.3) is 0 Å². The molecule has 2 N–H and O–H groups in total. The molecule has 2 unspecified atom stereocenters. The van der Waals surface area contributed by atoms with Crippen molar-refractivity contribution >= 4 is 0 Å². The van der Waals surface area contributed by atoms with Gasteiger partial charge in [0.15, 0.2) is 0 Å². The fourth-order valence-corrected chi connectivity index (χ4v) is 2.49. The number of rotatable bonds is 7. The molecule has 3 nitrogen and oxygen atoms in total. The third-order valence-electron chi connectivity index (χ3n) is 3.53. The van der Waals surface area contributed by atoms with E-state index < -0.39 is 0 Å². The molecule has 3 heteroatoms. The number of piperidine rings is 1. The average molecular weight is 242 g/mol. The molecule has 0 saturated carbocycles. The lowest BCUT2D eigenvalue weighted by Gasteiger charge is -2.34. The minimum atomic E-state index is -0.141. The molecule has 1 aliphatic heterocycles. The first-order chi connectivity index (χ1) is 8.11. The number of aliphatic hydroxyl groups excluding tert-OH is 1. The van der Waals surface area contributed by atoms with Crippen LogP contribution in [0, 0.1) is 11.8 Å². The Bertz CT molecular complexity index is 197. The predicted octanol–water partition coefficient (Wildman–Crippen LogP) is 1.71. The topological polar surface area (TPSA) is 35.5 Å². The Morgan fingerprint density at radius 1 is 1.41 bits per heavy atom. The number of likely N-dealkylation sites (tertiary alicyclic amines) is 1. The summed E-state index contributed by atoms with van der Waals surface area (Å²) in [5.74, 6) is 1.50. The molecule has 0 aromatic rings. The van der Waals surface area contributed by atoms with Crippen molar-refractivity contribution in [1.82, 2.24) is 10.2 Å². The van der Waals surface area contributed by atoms with Crippen LogP contribution in [0.4, 0.5) is 0 Å². The number of aliphatic hydroxyl groups is 1. The van der Waals surface area contributed by atoms with Crippen LogP contribution in [0.3, 0.4) is 0 Å². The Hall–Kier alpha value is -0.120. The van der Waals surface area contributed by atoms with Gasteiger partial charge in [0.05, 0.1) is 6.10 Å². The Morgan fingerprint density at radius 2 is 2.18 bits per heavy atom. The lowest BCUT2D eigenvalue weighted by atomic mass is 9.97. The molecule has 1 saturated heterocycles. The zero-order valence-electron chi connectivity index (χ0n) is 11.8. The molecule has 1 fully saturated rings. The lowest BCUT2D eigenvalue weighted by Crippen LogP contribution is -2.43. The van der Waals surface area contributed by atoms with E-state index in [0.717, 1.165) is 51.0 Å². The Balaban J connectivity index is 2.19. The molecule has 0 spiro atoms. The Morgan fingerprint density at radius 3 is 2.82 bits per heavy atom. The SMILES string of the molecule is CCC(O)CN1CCCC(CNCC(C)C)C1. The molecule has 0 amide bonds. The van der Waals surface area contributed by atoms with E-state index in [1.165, 1.54) is 12.8 Å². The van der Waals surface area contributed by atoms with Crippen molar-refractivity contribution in [3.05, 3.63) is 0 Å². The summed E-state index contributed by atoms with van der Waals surface area (Å²) in [5, 5.41) is 13.2. The highest BCUT2D eigenvalue weighted by Gasteiger charge is 2.20. The molecule has 0 aromatic carbocycles. The van der Waals surface area contributed by atoms with Crippen molar-refractivity contribution in [2.75, 3.05) is 32.7 Å². The molecule has 1 rings (SSSR count). The summed E-state index contributed by atoms with van der Waals surface area (Å²) in [7, 11) is 0. The molecule has 17 heavy (non-hydrogen) atoms. The van der Waals surface area contributed by atoms with Gasteiger partial charge < -0.3 is 15.3 Å². The molecule has 0 radical (unpaired) electrons. The fraction of sp³-hybridized carbons (Fsp3) is 1.00. The van der Waals surface area contributed by atoms with E-state index in [1.807, 2.05) is 0 Å². The highest BCUT2D eigenvalue weighted by atomic mass is 16.3. The smallest absolute Gasteiger partial charge is 0.0664 e. The quantitative estimate of drug-likeness (QED) is 0.713. The van der Waals surface area contributed by atoms with Crippen LogP contribution < -0.4 is 5.32 Å². The third kappa shape index (κ3) is 6.39. The molecule has 0 aromatic heterocycles. The van der Waals surface area contributed by atoms with Crippen LogP contribution in [-0.4, -0.2) is 48.8 Å². The number of nitrogens with one attached hydrogen (secondary N) is 1. The maximum Gasteiger partial charge on any atom is 0.0664 e. The maximum atomic E-state index is 9.69.